The zero-order valence-corrected chi connectivity index (χ0v) is 12.8. The number of carbonyl (C=O) groups excluding carboxylic acids is 1. The number of imidazole rings is 1. The van der Waals surface area contributed by atoms with Crippen molar-refractivity contribution < 1.29 is 4.79 Å². The summed E-state index contributed by atoms with van der Waals surface area (Å²) < 4.78 is 1.40. The van der Waals surface area contributed by atoms with Gasteiger partial charge in [-0.1, -0.05) is 0 Å². The highest BCUT2D eigenvalue weighted by Gasteiger charge is 2.18. The Morgan fingerprint density at radius 1 is 1.27 bits per heavy atom. The zero-order valence-electron chi connectivity index (χ0n) is 12.0. The molecule has 0 unspecified atom stereocenters. The Kier molecular flexibility index (Phi) is 3.45. The second kappa shape index (κ2) is 5.30. The first-order chi connectivity index (χ1) is 10.5. The molecule has 1 aromatic carbocycles. The molecular formula is C14H13N5O2S. The summed E-state index contributed by atoms with van der Waals surface area (Å²) in [7, 11) is 0. The van der Waals surface area contributed by atoms with Crippen LogP contribution in [0.2, 0.25) is 0 Å². The van der Waals surface area contributed by atoms with Crippen LogP contribution in [0, 0.1) is 6.92 Å². The summed E-state index contributed by atoms with van der Waals surface area (Å²) in [4.78, 5) is 35.7. The van der Waals surface area contributed by atoms with E-state index in [1.54, 1.807) is 18.7 Å². The SMILES string of the molecule is CSc1ccc(-n2c(=O)[nH]c3c(C(N)=O)nc(C)nc32)cc1. The molecule has 0 bridgehead atoms. The molecule has 0 saturated heterocycles. The normalized spacial score (nSPS) is 11.0. The topological polar surface area (TPSA) is 107 Å². The lowest BCUT2D eigenvalue weighted by Crippen LogP contribution is -2.15. The number of benzene rings is 1. The molecule has 2 heterocycles. The van der Waals surface area contributed by atoms with Gasteiger partial charge in [0.2, 0.25) is 0 Å². The summed E-state index contributed by atoms with van der Waals surface area (Å²) in [5.41, 5.74) is 6.18. The van der Waals surface area contributed by atoms with Gasteiger partial charge in [-0.2, -0.15) is 0 Å². The Morgan fingerprint density at radius 3 is 2.55 bits per heavy atom. The number of carbonyl (C=O) groups is 1. The number of H-pyrrole nitrogens is 1. The number of aromatic nitrogens is 4. The molecule has 0 aliphatic rings. The van der Waals surface area contributed by atoms with Crippen LogP contribution in [0.5, 0.6) is 0 Å². The van der Waals surface area contributed by atoms with Gasteiger partial charge in [-0.15, -0.1) is 11.8 Å². The van der Waals surface area contributed by atoms with Crippen molar-refractivity contribution in [3.05, 3.63) is 46.3 Å². The van der Waals surface area contributed by atoms with Crippen LogP contribution >= 0.6 is 11.8 Å². The second-order valence-electron chi connectivity index (χ2n) is 4.65. The molecule has 0 spiro atoms. The lowest BCUT2D eigenvalue weighted by atomic mass is 10.3. The van der Waals surface area contributed by atoms with Gasteiger partial charge in [0.25, 0.3) is 5.91 Å². The van der Waals surface area contributed by atoms with Gasteiger partial charge < -0.3 is 10.7 Å². The fourth-order valence-electron chi connectivity index (χ4n) is 2.24. The Bertz CT molecular complexity index is 927. The number of amides is 1. The van der Waals surface area contributed by atoms with Gasteiger partial charge >= 0.3 is 5.69 Å². The molecule has 0 aliphatic carbocycles. The maximum atomic E-state index is 12.3. The average Bonchev–Trinajstić information content (AvgIpc) is 2.82. The van der Waals surface area contributed by atoms with E-state index in [4.69, 9.17) is 5.73 Å². The van der Waals surface area contributed by atoms with E-state index >= 15 is 0 Å². The molecule has 0 aliphatic heterocycles. The zero-order chi connectivity index (χ0) is 15.9. The van der Waals surface area contributed by atoms with Crippen LogP contribution in [0.3, 0.4) is 0 Å². The van der Waals surface area contributed by atoms with Gasteiger partial charge in [0.15, 0.2) is 11.3 Å². The first-order valence-electron chi connectivity index (χ1n) is 6.45. The van der Waals surface area contributed by atoms with Crippen LogP contribution in [0.4, 0.5) is 0 Å². The second-order valence-corrected chi connectivity index (χ2v) is 5.53. The monoisotopic (exact) mass is 315 g/mol. The summed E-state index contributed by atoms with van der Waals surface area (Å²) in [6.45, 7) is 1.64. The molecule has 8 heteroatoms. The molecule has 0 radical (unpaired) electrons. The standard InChI is InChI=1S/C14H13N5O2S/c1-7-16-10(12(15)20)11-13(17-7)19(14(21)18-11)8-3-5-9(22-2)6-4-8/h3-6H,1-2H3,(H2,15,20)(H,18,21). The molecule has 112 valence electrons. The number of nitrogens with zero attached hydrogens (tertiary/aromatic N) is 3. The minimum absolute atomic E-state index is 0.0130. The van der Waals surface area contributed by atoms with Gasteiger partial charge in [0.05, 0.1) is 5.69 Å². The molecule has 3 rings (SSSR count). The number of rotatable bonds is 3. The van der Waals surface area contributed by atoms with E-state index in [9.17, 15) is 9.59 Å². The van der Waals surface area contributed by atoms with E-state index in [0.717, 1.165) is 4.90 Å². The Morgan fingerprint density at radius 2 is 1.95 bits per heavy atom. The number of thioether (sulfide) groups is 1. The van der Waals surface area contributed by atoms with E-state index < -0.39 is 11.6 Å². The van der Waals surface area contributed by atoms with Crippen LogP contribution < -0.4 is 11.4 Å². The van der Waals surface area contributed by atoms with Crippen LogP contribution in [0.1, 0.15) is 16.3 Å². The minimum Gasteiger partial charge on any atom is -0.364 e. The highest BCUT2D eigenvalue weighted by atomic mass is 32.2. The Labute approximate surface area is 129 Å². The summed E-state index contributed by atoms with van der Waals surface area (Å²) in [6, 6.07) is 7.46. The number of aromatic amines is 1. The number of primary amides is 1. The Hall–Kier alpha value is -2.61. The molecular weight excluding hydrogens is 302 g/mol. The predicted molar refractivity (Wildman–Crippen MR) is 84.5 cm³/mol. The number of fused-ring (bicyclic) bond motifs is 1. The predicted octanol–water partition coefficient (Wildman–Crippen LogP) is 1.24. The van der Waals surface area contributed by atoms with Crippen LogP contribution in [-0.4, -0.2) is 31.7 Å². The third kappa shape index (κ3) is 2.27. The number of aryl methyl sites for hydroxylation is 1. The number of nitrogens with one attached hydrogen (secondary N) is 1. The molecule has 22 heavy (non-hydrogen) atoms. The van der Waals surface area contributed by atoms with Crippen molar-refractivity contribution in [1.82, 2.24) is 19.5 Å². The van der Waals surface area contributed by atoms with Crippen molar-refractivity contribution in [3.63, 3.8) is 0 Å². The number of nitrogens with two attached hydrogens (primary N) is 1. The van der Waals surface area contributed by atoms with Crippen molar-refractivity contribution in [1.29, 1.82) is 0 Å². The molecule has 2 aromatic heterocycles. The number of hydrogen-bond donors (Lipinski definition) is 2. The Balaban J connectivity index is 2.32. The van der Waals surface area contributed by atoms with Gasteiger partial charge in [-0.05, 0) is 37.4 Å². The smallest absolute Gasteiger partial charge is 0.332 e. The average molecular weight is 315 g/mol. The van der Waals surface area contributed by atoms with E-state index in [1.165, 1.54) is 4.57 Å². The lowest BCUT2D eigenvalue weighted by molar-refractivity contribution is 0.0997. The van der Waals surface area contributed by atoms with Crippen molar-refractivity contribution >= 4 is 28.8 Å². The summed E-state index contributed by atoms with van der Waals surface area (Å²) in [5, 5.41) is 0. The largest absolute Gasteiger partial charge is 0.364 e. The van der Waals surface area contributed by atoms with Crippen LogP contribution in [0.15, 0.2) is 34.0 Å². The molecule has 0 atom stereocenters. The first kappa shape index (κ1) is 14.3. The number of hydrogen-bond acceptors (Lipinski definition) is 5. The highest BCUT2D eigenvalue weighted by Crippen LogP contribution is 2.19. The van der Waals surface area contributed by atoms with Crippen molar-refractivity contribution in [2.24, 2.45) is 5.73 Å². The van der Waals surface area contributed by atoms with Crippen molar-refractivity contribution in [2.45, 2.75) is 11.8 Å². The summed E-state index contributed by atoms with van der Waals surface area (Å²) in [5.74, 6) is -0.337. The van der Waals surface area contributed by atoms with E-state index in [-0.39, 0.29) is 11.2 Å². The highest BCUT2D eigenvalue weighted by molar-refractivity contribution is 7.98. The molecule has 7 nitrogen and oxygen atoms in total. The maximum absolute atomic E-state index is 12.3. The van der Waals surface area contributed by atoms with E-state index in [2.05, 4.69) is 15.0 Å². The fraction of sp³-hybridized carbons (Fsp3) is 0.143. The summed E-state index contributed by atoms with van der Waals surface area (Å²) in [6.07, 6.45) is 1.97. The van der Waals surface area contributed by atoms with Crippen LogP contribution in [-0.2, 0) is 0 Å². The molecule has 3 N–H and O–H groups in total. The van der Waals surface area contributed by atoms with E-state index in [0.29, 0.717) is 17.2 Å². The van der Waals surface area contributed by atoms with E-state index in [1.807, 2.05) is 30.5 Å². The molecule has 1 amide bonds. The molecule has 0 saturated carbocycles. The van der Waals surface area contributed by atoms with Gasteiger partial charge in [-0.3, -0.25) is 4.79 Å². The van der Waals surface area contributed by atoms with Gasteiger partial charge in [-0.25, -0.2) is 19.3 Å². The van der Waals surface area contributed by atoms with Crippen molar-refractivity contribution in [3.8, 4) is 5.69 Å². The third-order valence-electron chi connectivity index (χ3n) is 3.21. The lowest BCUT2D eigenvalue weighted by Gasteiger charge is -2.05. The van der Waals surface area contributed by atoms with Crippen molar-refractivity contribution in [2.75, 3.05) is 6.26 Å². The van der Waals surface area contributed by atoms with Gasteiger partial charge in [0, 0.05) is 4.90 Å². The quantitative estimate of drug-likeness (QED) is 0.707. The molecule has 3 aromatic rings. The summed E-state index contributed by atoms with van der Waals surface area (Å²) >= 11 is 1.61. The first-order valence-corrected chi connectivity index (χ1v) is 7.67. The van der Waals surface area contributed by atoms with Gasteiger partial charge in [0.1, 0.15) is 11.3 Å². The maximum Gasteiger partial charge on any atom is 0.332 e. The molecule has 0 fully saturated rings. The van der Waals surface area contributed by atoms with Crippen LogP contribution in [0.25, 0.3) is 16.9 Å². The third-order valence-corrected chi connectivity index (χ3v) is 3.96. The fourth-order valence-corrected chi connectivity index (χ4v) is 2.65. The minimum atomic E-state index is -0.707.